The molecule has 1 aromatic carbocycles. The second-order valence-corrected chi connectivity index (χ2v) is 5.19. The molecule has 0 aromatic heterocycles. The van der Waals surface area contributed by atoms with E-state index in [9.17, 15) is 9.59 Å². The van der Waals surface area contributed by atoms with E-state index >= 15 is 0 Å². The van der Waals surface area contributed by atoms with Gasteiger partial charge in [-0.15, -0.1) is 0 Å². The van der Waals surface area contributed by atoms with Crippen LogP contribution in [-0.4, -0.2) is 48.1 Å². The van der Waals surface area contributed by atoms with Crippen LogP contribution < -0.4 is 5.32 Å². The van der Waals surface area contributed by atoms with Gasteiger partial charge in [-0.3, -0.25) is 4.79 Å². The van der Waals surface area contributed by atoms with Crippen molar-refractivity contribution < 1.29 is 14.7 Å². The second-order valence-electron chi connectivity index (χ2n) is 5.19. The number of hydrogen-bond acceptors (Lipinski definition) is 3. The fourth-order valence-corrected chi connectivity index (χ4v) is 2.58. The monoisotopic (exact) mass is 276 g/mol. The SMILES string of the molecule is CN1CCCCC1CNC(=O)c1ccccc1C(=O)O. The van der Waals surface area contributed by atoms with Gasteiger partial charge in [0.05, 0.1) is 11.1 Å². The number of carbonyl (C=O) groups is 2. The van der Waals surface area contributed by atoms with Crippen molar-refractivity contribution in [2.45, 2.75) is 25.3 Å². The molecule has 0 bridgehead atoms. The maximum atomic E-state index is 12.1. The average molecular weight is 276 g/mol. The summed E-state index contributed by atoms with van der Waals surface area (Å²) in [6, 6.07) is 6.63. The lowest BCUT2D eigenvalue weighted by Crippen LogP contribution is -2.44. The number of likely N-dealkylation sites (N-methyl/N-ethyl adjacent to an activating group) is 1. The molecular weight excluding hydrogens is 256 g/mol. The molecule has 108 valence electrons. The lowest BCUT2D eigenvalue weighted by atomic mass is 10.0. The second kappa shape index (κ2) is 6.52. The molecule has 20 heavy (non-hydrogen) atoms. The van der Waals surface area contributed by atoms with E-state index < -0.39 is 5.97 Å². The van der Waals surface area contributed by atoms with Gasteiger partial charge in [0.1, 0.15) is 0 Å². The smallest absolute Gasteiger partial charge is 0.336 e. The average Bonchev–Trinajstić information content (AvgIpc) is 2.46. The molecule has 0 spiro atoms. The highest BCUT2D eigenvalue weighted by Gasteiger charge is 2.21. The van der Waals surface area contributed by atoms with Crippen LogP contribution in [0.2, 0.25) is 0 Å². The van der Waals surface area contributed by atoms with Crippen molar-refractivity contribution in [3.63, 3.8) is 0 Å². The number of likely N-dealkylation sites (tertiary alicyclic amines) is 1. The summed E-state index contributed by atoms with van der Waals surface area (Å²) < 4.78 is 0. The van der Waals surface area contributed by atoms with E-state index in [1.165, 1.54) is 18.9 Å². The van der Waals surface area contributed by atoms with Crippen LogP contribution in [0, 0.1) is 0 Å². The van der Waals surface area contributed by atoms with E-state index in [0.29, 0.717) is 12.6 Å². The van der Waals surface area contributed by atoms with Crippen molar-refractivity contribution in [2.75, 3.05) is 20.1 Å². The van der Waals surface area contributed by atoms with Crippen LogP contribution in [0.5, 0.6) is 0 Å². The molecule has 0 aliphatic carbocycles. The Balaban J connectivity index is 2.00. The third kappa shape index (κ3) is 3.36. The predicted octanol–water partition coefficient (Wildman–Crippen LogP) is 1.60. The molecule has 1 fully saturated rings. The molecule has 0 saturated carbocycles. The van der Waals surface area contributed by atoms with Crippen LogP contribution in [0.25, 0.3) is 0 Å². The number of carbonyl (C=O) groups excluding carboxylic acids is 1. The minimum Gasteiger partial charge on any atom is -0.478 e. The number of benzene rings is 1. The normalized spacial score (nSPS) is 19.6. The Morgan fingerprint density at radius 1 is 1.30 bits per heavy atom. The molecule has 1 aliphatic rings. The summed E-state index contributed by atoms with van der Waals surface area (Å²) in [6.45, 7) is 1.61. The fraction of sp³-hybridized carbons (Fsp3) is 0.467. The minimum absolute atomic E-state index is 0.0435. The minimum atomic E-state index is -1.08. The van der Waals surface area contributed by atoms with Crippen LogP contribution in [0.4, 0.5) is 0 Å². The molecule has 1 aliphatic heterocycles. The molecule has 1 aromatic rings. The van der Waals surface area contributed by atoms with Crippen molar-refractivity contribution in [3.8, 4) is 0 Å². The summed E-state index contributed by atoms with van der Waals surface area (Å²) in [5.41, 5.74) is 0.264. The number of nitrogens with one attached hydrogen (secondary N) is 1. The van der Waals surface area contributed by atoms with Crippen LogP contribution in [0.3, 0.4) is 0 Å². The molecule has 2 N–H and O–H groups in total. The highest BCUT2D eigenvalue weighted by molar-refractivity contribution is 6.04. The summed E-state index contributed by atoms with van der Waals surface area (Å²) in [6.07, 6.45) is 3.44. The Morgan fingerprint density at radius 2 is 2.00 bits per heavy atom. The summed E-state index contributed by atoms with van der Waals surface area (Å²) in [5, 5.41) is 11.9. The first kappa shape index (κ1) is 14.5. The summed E-state index contributed by atoms with van der Waals surface area (Å²) in [7, 11) is 2.06. The van der Waals surface area contributed by atoms with E-state index in [0.717, 1.165) is 13.0 Å². The van der Waals surface area contributed by atoms with Crippen LogP contribution in [-0.2, 0) is 0 Å². The molecule has 1 saturated heterocycles. The maximum Gasteiger partial charge on any atom is 0.336 e. The maximum absolute atomic E-state index is 12.1. The Kier molecular flexibility index (Phi) is 4.74. The van der Waals surface area contributed by atoms with Gasteiger partial charge in [-0.25, -0.2) is 4.79 Å². The first-order valence-electron chi connectivity index (χ1n) is 6.90. The predicted molar refractivity (Wildman–Crippen MR) is 76.0 cm³/mol. The number of amides is 1. The third-order valence-electron chi connectivity index (χ3n) is 3.82. The van der Waals surface area contributed by atoms with E-state index in [2.05, 4.69) is 17.3 Å². The van der Waals surface area contributed by atoms with Crippen molar-refractivity contribution >= 4 is 11.9 Å². The Hall–Kier alpha value is -1.88. The van der Waals surface area contributed by atoms with E-state index in [1.54, 1.807) is 18.2 Å². The number of carboxylic acids is 1. The fourth-order valence-electron chi connectivity index (χ4n) is 2.58. The van der Waals surface area contributed by atoms with Crippen molar-refractivity contribution in [1.82, 2.24) is 10.2 Å². The first-order chi connectivity index (χ1) is 9.59. The Labute approximate surface area is 118 Å². The standard InChI is InChI=1S/C15H20N2O3/c1-17-9-5-4-6-11(17)10-16-14(18)12-7-2-3-8-13(12)15(19)20/h2-3,7-8,11H,4-6,9-10H2,1H3,(H,16,18)(H,19,20). The lowest BCUT2D eigenvalue weighted by Gasteiger charge is -2.32. The van der Waals surface area contributed by atoms with E-state index in [-0.39, 0.29) is 17.0 Å². The summed E-state index contributed by atoms with van der Waals surface area (Å²) in [5.74, 6) is -1.40. The summed E-state index contributed by atoms with van der Waals surface area (Å²) >= 11 is 0. The number of piperidine rings is 1. The lowest BCUT2D eigenvalue weighted by molar-refractivity contribution is 0.0690. The van der Waals surface area contributed by atoms with Gasteiger partial charge >= 0.3 is 5.97 Å². The molecular formula is C15H20N2O3. The van der Waals surface area contributed by atoms with E-state index in [1.807, 2.05) is 0 Å². The van der Waals surface area contributed by atoms with Crippen molar-refractivity contribution in [3.05, 3.63) is 35.4 Å². The van der Waals surface area contributed by atoms with Crippen molar-refractivity contribution in [2.24, 2.45) is 0 Å². The number of carboxylic acid groups (broad SMARTS) is 1. The van der Waals surface area contributed by atoms with Gasteiger partial charge < -0.3 is 15.3 Å². The zero-order chi connectivity index (χ0) is 14.5. The van der Waals surface area contributed by atoms with Gasteiger partial charge in [0.15, 0.2) is 0 Å². The van der Waals surface area contributed by atoms with E-state index in [4.69, 9.17) is 5.11 Å². The van der Waals surface area contributed by atoms with Crippen LogP contribution >= 0.6 is 0 Å². The van der Waals surface area contributed by atoms with Gasteiger partial charge in [0, 0.05) is 12.6 Å². The van der Waals surface area contributed by atoms with Gasteiger partial charge in [-0.1, -0.05) is 18.6 Å². The number of hydrogen-bond donors (Lipinski definition) is 2. The Morgan fingerprint density at radius 3 is 2.65 bits per heavy atom. The third-order valence-corrected chi connectivity index (χ3v) is 3.82. The molecule has 0 radical (unpaired) electrons. The van der Waals surface area contributed by atoms with Crippen molar-refractivity contribution in [1.29, 1.82) is 0 Å². The topological polar surface area (TPSA) is 69.6 Å². The highest BCUT2D eigenvalue weighted by Crippen LogP contribution is 2.14. The quantitative estimate of drug-likeness (QED) is 0.876. The zero-order valence-electron chi connectivity index (χ0n) is 11.6. The number of aromatic carboxylic acids is 1. The van der Waals surface area contributed by atoms with Gasteiger partial charge in [0.2, 0.25) is 0 Å². The molecule has 1 atom stereocenters. The zero-order valence-corrected chi connectivity index (χ0v) is 11.6. The highest BCUT2D eigenvalue weighted by atomic mass is 16.4. The number of rotatable bonds is 4. The molecule has 5 heteroatoms. The molecule has 1 unspecified atom stereocenters. The molecule has 2 rings (SSSR count). The van der Waals surface area contributed by atoms with Gasteiger partial charge in [-0.05, 0) is 38.6 Å². The largest absolute Gasteiger partial charge is 0.478 e. The van der Waals surface area contributed by atoms with Crippen LogP contribution in [0.15, 0.2) is 24.3 Å². The number of nitrogens with zero attached hydrogens (tertiary/aromatic N) is 1. The van der Waals surface area contributed by atoms with Gasteiger partial charge in [-0.2, -0.15) is 0 Å². The Bertz CT molecular complexity index is 502. The molecule has 1 heterocycles. The first-order valence-corrected chi connectivity index (χ1v) is 6.90. The molecule has 5 nitrogen and oxygen atoms in total. The summed E-state index contributed by atoms with van der Waals surface area (Å²) in [4.78, 5) is 25.5. The molecule has 1 amide bonds. The van der Waals surface area contributed by atoms with Crippen LogP contribution in [0.1, 0.15) is 40.0 Å². The van der Waals surface area contributed by atoms with Gasteiger partial charge in [0.25, 0.3) is 5.91 Å².